The van der Waals surface area contributed by atoms with Gasteiger partial charge in [-0.15, -0.1) is 0 Å². The molecule has 1 fully saturated rings. The topological polar surface area (TPSA) is 49.4 Å². The smallest absolute Gasteiger partial charge is 0.245 e. The lowest BCUT2D eigenvalue weighted by Crippen LogP contribution is -2.57. The minimum atomic E-state index is -0.543. The van der Waals surface area contributed by atoms with E-state index in [0.29, 0.717) is 12.0 Å². The molecule has 114 valence electrons. The molecule has 1 aliphatic heterocycles. The van der Waals surface area contributed by atoms with Gasteiger partial charge in [0, 0.05) is 12.1 Å². The second-order valence-corrected chi connectivity index (χ2v) is 6.06. The lowest BCUT2D eigenvalue weighted by molar-refractivity contribution is -0.145. The molecule has 0 radical (unpaired) electrons. The molecule has 0 aliphatic carbocycles. The fourth-order valence-corrected chi connectivity index (χ4v) is 2.61. The Balaban J connectivity index is 2.16. The van der Waals surface area contributed by atoms with Gasteiger partial charge in [-0.25, -0.2) is 4.39 Å². The Morgan fingerprint density at radius 1 is 1.43 bits per heavy atom. The summed E-state index contributed by atoms with van der Waals surface area (Å²) in [5, 5.41) is 2.70. The molecule has 4 nitrogen and oxygen atoms in total. The number of rotatable bonds is 4. The standard InChI is InChI=1S/C15H18ClFN2O2/c1-9(2)6-12-15(21)19(8-13(20)18-12)7-10-4-3-5-11(16)14(10)17/h3-5,9,12H,6-8H2,1-2H3,(H,18,20). The van der Waals surface area contributed by atoms with Crippen LogP contribution >= 0.6 is 11.6 Å². The summed E-state index contributed by atoms with van der Waals surface area (Å²) >= 11 is 5.74. The maximum Gasteiger partial charge on any atom is 0.245 e. The molecule has 1 heterocycles. The Hall–Kier alpha value is -1.62. The van der Waals surface area contributed by atoms with Crippen LogP contribution in [0.2, 0.25) is 5.02 Å². The van der Waals surface area contributed by atoms with Gasteiger partial charge in [-0.3, -0.25) is 9.59 Å². The number of carbonyl (C=O) groups is 2. The first-order chi connectivity index (χ1) is 9.88. The van der Waals surface area contributed by atoms with Crippen molar-refractivity contribution < 1.29 is 14.0 Å². The molecule has 6 heteroatoms. The predicted molar refractivity (Wildman–Crippen MR) is 78.2 cm³/mol. The molecule has 1 saturated heterocycles. The van der Waals surface area contributed by atoms with Crippen molar-refractivity contribution >= 4 is 23.4 Å². The van der Waals surface area contributed by atoms with Gasteiger partial charge in [0.2, 0.25) is 11.8 Å². The normalized spacial score (nSPS) is 19.1. The number of hydrogen-bond donors (Lipinski definition) is 1. The van der Waals surface area contributed by atoms with Gasteiger partial charge in [0.25, 0.3) is 0 Å². The van der Waals surface area contributed by atoms with Gasteiger partial charge in [-0.1, -0.05) is 37.6 Å². The summed E-state index contributed by atoms with van der Waals surface area (Å²) in [6, 6.07) is 4.11. The highest BCUT2D eigenvalue weighted by Crippen LogP contribution is 2.21. The molecular weight excluding hydrogens is 295 g/mol. The quantitative estimate of drug-likeness (QED) is 0.928. The van der Waals surface area contributed by atoms with E-state index in [1.807, 2.05) is 13.8 Å². The zero-order valence-electron chi connectivity index (χ0n) is 12.0. The van der Waals surface area contributed by atoms with Crippen LogP contribution in [0, 0.1) is 11.7 Å². The van der Waals surface area contributed by atoms with Crippen molar-refractivity contribution in [1.82, 2.24) is 10.2 Å². The first-order valence-electron chi connectivity index (χ1n) is 6.89. The van der Waals surface area contributed by atoms with Crippen LogP contribution < -0.4 is 5.32 Å². The summed E-state index contributed by atoms with van der Waals surface area (Å²) in [5.41, 5.74) is 0.314. The van der Waals surface area contributed by atoms with Crippen molar-refractivity contribution in [1.29, 1.82) is 0 Å². The summed E-state index contributed by atoms with van der Waals surface area (Å²) in [6.45, 7) is 3.96. The number of nitrogens with zero attached hydrogens (tertiary/aromatic N) is 1. The lowest BCUT2D eigenvalue weighted by Gasteiger charge is -2.33. The first-order valence-corrected chi connectivity index (χ1v) is 7.27. The summed E-state index contributed by atoms with van der Waals surface area (Å²) in [7, 11) is 0. The average molecular weight is 313 g/mol. The monoisotopic (exact) mass is 312 g/mol. The summed E-state index contributed by atoms with van der Waals surface area (Å²) in [4.78, 5) is 25.5. The number of carbonyl (C=O) groups excluding carboxylic acids is 2. The fourth-order valence-electron chi connectivity index (χ4n) is 2.41. The number of halogens is 2. The van der Waals surface area contributed by atoms with E-state index < -0.39 is 11.9 Å². The largest absolute Gasteiger partial charge is 0.343 e. The second-order valence-electron chi connectivity index (χ2n) is 5.66. The zero-order valence-corrected chi connectivity index (χ0v) is 12.8. The van der Waals surface area contributed by atoms with Crippen molar-refractivity contribution in [3.8, 4) is 0 Å². The van der Waals surface area contributed by atoms with Crippen LogP contribution in [0.5, 0.6) is 0 Å². The van der Waals surface area contributed by atoms with Crippen LogP contribution in [-0.2, 0) is 16.1 Å². The van der Waals surface area contributed by atoms with E-state index in [2.05, 4.69) is 5.32 Å². The molecule has 1 aromatic rings. The van der Waals surface area contributed by atoms with E-state index in [0.717, 1.165) is 0 Å². The molecule has 0 saturated carbocycles. The van der Waals surface area contributed by atoms with Gasteiger partial charge in [-0.2, -0.15) is 0 Å². The van der Waals surface area contributed by atoms with Crippen molar-refractivity contribution in [2.75, 3.05) is 6.54 Å². The number of hydrogen-bond acceptors (Lipinski definition) is 2. The molecule has 2 amide bonds. The number of amides is 2. The van der Waals surface area contributed by atoms with E-state index in [1.165, 1.54) is 11.0 Å². The Morgan fingerprint density at radius 3 is 2.81 bits per heavy atom. The van der Waals surface area contributed by atoms with E-state index >= 15 is 0 Å². The summed E-state index contributed by atoms with van der Waals surface area (Å²) in [5.74, 6) is -0.661. The van der Waals surface area contributed by atoms with E-state index in [1.54, 1.807) is 12.1 Å². The molecule has 1 aromatic carbocycles. The summed E-state index contributed by atoms with van der Waals surface area (Å²) in [6.07, 6.45) is 0.569. The molecule has 1 atom stereocenters. The second kappa shape index (κ2) is 6.43. The third-order valence-electron chi connectivity index (χ3n) is 3.38. The molecule has 1 unspecified atom stereocenters. The van der Waals surface area contributed by atoms with Gasteiger partial charge < -0.3 is 10.2 Å². The van der Waals surface area contributed by atoms with E-state index in [-0.39, 0.29) is 35.8 Å². The summed E-state index contributed by atoms with van der Waals surface area (Å²) < 4.78 is 13.9. The highest BCUT2D eigenvalue weighted by molar-refractivity contribution is 6.30. The van der Waals surface area contributed by atoms with E-state index in [4.69, 9.17) is 11.6 Å². The van der Waals surface area contributed by atoms with Gasteiger partial charge in [0.05, 0.1) is 11.6 Å². The molecule has 1 N–H and O–H groups in total. The third-order valence-corrected chi connectivity index (χ3v) is 3.67. The molecule has 0 aromatic heterocycles. The molecule has 1 aliphatic rings. The SMILES string of the molecule is CC(C)CC1NC(=O)CN(Cc2cccc(Cl)c2F)C1=O. The highest BCUT2D eigenvalue weighted by Gasteiger charge is 2.33. The predicted octanol–water partition coefficient (Wildman–Crippen LogP) is 2.35. The van der Waals surface area contributed by atoms with Gasteiger partial charge in [-0.05, 0) is 18.4 Å². The molecule has 2 rings (SSSR count). The average Bonchev–Trinajstić information content (AvgIpc) is 2.39. The van der Waals surface area contributed by atoms with Crippen molar-refractivity contribution in [2.24, 2.45) is 5.92 Å². The van der Waals surface area contributed by atoms with Gasteiger partial charge in [0.15, 0.2) is 0 Å². The van der Waals surface area contributed by atoms with E-state index in [9.17, 15) is 14.0 Å². The zero-order chi connectivity index (χ0) is 15.6. The van der Waals surface area contributed by atoms with Gasteiger partial charge in [0.1, 0.15) is 11.9 Å². The van der Waals surface area contributed by atoms with Crippen LogP contribution in [0.4, 0.5) is 4.39 Å². The van der Waals surface area contributed by atoms with Crippen molar-refractivity contribution in [3.63, 3.8) is 0 Å². The number of nitrogens with one attached hydrogen (secondary N) is 1. The molecular formula is C15H18ClFN2O2. The Bertz CT molecular complexity index is 563. The Kier molecular flexibility index (Phi) is 4.83. The fraction of sp³-hybridized carbons (Fsp3) is 0.467. The maximum atomic E-state index is 13.9. The van der Waals surface area contributed by atoms with Crippen LogP contribution in [0.3, 0.4) is 0 Å². The minimum Gasteiger partial charge on any atom is -0.343 e. The lowest BCUT2D eigenvalue weighted by atomic mass is 10.0. The molecule has 0 spiro atoms. The van der Waals surface area contributed by atoms with Crippen molar-refractivity contribution in [3.05, 3.63) is 34.6 Å². The van der Waals surface area contributed by atoms with Crippen LogP contribution in [0.15, 0.2) is 18.2 Å². The third kappa shape index (κ3) is 3.73. The minimum absolute atomic E-state index is 0.0140. The number of benzene rings is 1. The Labute approximate surface area is 128 Å². The van der Waals surface area contributed by atoms with Gasteiger partial charge >= 0.3 is 0 Å². The first kappa shape index (κ1) is 15.8. The Morgan fingerprint density at radius 2 is 2.14 bits per heavy atom. The highest BCUT2D eigenvalue weighted by atomic mass is 35.5. The van der Waals surface area contributed by atoms with Crippen LogP contribution in [-0.4, -0.2) is 29.3 Å². The molecule has 21 heavy (non-hydrogen) atoms. The maximum absolute atomic E-state index is 13.9. The van der Waals surface area contributed by atoms with Crippen LogP contribution in [0.1, 0.15) is 25.8 Å². The van der Waals surface area contributed by atoms with Crippen LogP contribution in [0.25, 0.3) is 0 Å². The molecule has 0 bridgehead atoms. The number of piperazine rings is 1. The van der Waals surface area contributed by atoms with Crippen molar-refractivity contribution in [2.45, 2.75) is 32.9 Å².